The van der Waals surface area contributed by atoms with E-state index >= 15 is 0 Å². The fraction of sp³-hybridized carbons (Fsp3) is 0.316. The van der Waals surface area contributed by atoms with Gasteiger partial charge in [-0.05, 0) is 47.7 Å². The number of methoxy groups -OCH3 is 1. The lowest BCUT2D eigenvalue weighted by Crippen LogP contribution is -2.27. The number of benzene rings is 2. The number of hydrogen-bond acceptors (Lipinski definition) is 6. The molecule has 2 aromatic rings. The third-order valence-electron chi connectivity index (χ3n) is 4.33. The zero-order valence-electron chi connectivity index (χ0n) is 16.3. The summed E-state index contributed by atoms with van der Waals surface area (Å²) in [4.78, 5) is -0.187. The lowest BCUT2D eigenvalue weighted by molar-refractivity contribution is 0.402. The van der Waals surface area contributed by atoms with Crippen molar-refractivity contribution in [2.45, 2.75) is 36.0 Å². The second-order valence-corrected chi connectivity index (χ2v) is 9.96. The Morgan fingerprint density at radius 3 is 2.34 bits per heavy atom. The Hall–Kier alpha value is -2.45. The van der Waals surface area contributed by atoms with E-state index in [1.54, 1.807) is 12.1 Å². The van der Waals surface area contributed by atoms with E-state index in [1.807, 2.05) is 19.9 Å². The van der Waals surface area contributed by atoms with Gasteiger partial charge >= 0.3 is 0 Å². The lowest BCUT2D eigenvalue weighted by atomic mass is 10.0. The summed E-state index contributed by atoms with van der Waals surface area (Å²) in [5, 5.41) is 14.3. The maximum Gasteiger partial charge on any atom is 0.244 e. The minimum Gasteiger partial charge on any atom is -0.495 e. The molecule has 0 unspecified atom stereocenters. The first-order valence-electron chi connectivity index (χ1n) is 8.73. The van der Waals surface area contributed by atoms with Crippen LogP contribution >= 0.6 is 0 Å². The molecule has 0 heterocycles. The van der Waals surface area contributed by atoms with Gasteiger partial charge in [0.15, 0.2) is 0 Å². The van der Waals surface area contributed by atoms with Crippen molar-refractivity contribution in [2.75, 3.05) is 13.7 Å². The van der Waals surface area contributed by atoms with E-state index in [-0.39, 0.29) is 40.0 Å². The Labute approximate surface area is 171 Å². The standard InChI is InChI=1S/C19H23N3O5S2/c1-13(2)16-6-5-15(18(11-16)28(21,23)24)8-9-22-29(25,26)19-10-14(12-20)4-7-17(19)27-3/h4-7,10-11,13,22H,8-9H2,1-3H3,(H2,21,23,24). The van der Waals surface area contributed by atoms with Gasteiger partial charge in [-0.25, -0.2) is 26.7 Å². The van der Waals surface area contributed by atoms with Gasteiger partial charge < -0.3 is 4.74 Å². The highest BCUT2D eigenvalue weighted by Gasteiger charge is 2.21. The second kappa shape index (κ2) is 8.92. The molecule has 0 radical (unpaired) electrons. The van der Waals surface area contributed by atoms with Crippen molar-refractivity contribution in [3.63, 3.8) is 0 Å². The summed E-state index contributed by atoms with van der Waals surface area (Å²) < 4.78 is 56.7. The second-order valence-electron chi connectivity index (χ2n) is 6.69. The molecule has 2 rings (SSSR count). The van der Waals surface area contributed by atoms with Gasteiger partial charge in [-0.3, -0.25) is 0 Å². The summed E-state index contributed by atoms with van der Waals surface area (Å²) in [6.07, 6.45) is 0.115. The first-order chi connectivity index (χ1) is 13.5. The maximum absolute atomic E-state index is 12.7. The van der Waals surface area contributed by atoms with Gasteiger partial charge in [0.05, 0.1) is 23.6 Å². The van der Waals surface area contributed by atoms with Crippen LogP contribution < -0.4 is 14.6 Å². The van der Waals surface area contributed by atoms with Crippen molar-refractivity contribution in [1.29, 1.82) is 5.26 Å². The molecule has 0 bridgehead atoms. The fourth-order valence-corrected chi connectivity index (χ4v) is 4.82. The Morgan fingerprint density at radius 1 is 1.10 bits per heavy atom. The molecule has 0 spiro atoms. The molecule has 0 aliphatic rings. The summed E-state index contributed by atoms with van der Waals surface area (Å²) >= 11 is 0. The fourth-order valence-electron chi connectivity index (χ4n) is 2.76. The molecule has 29 heavy (non-hydrogen) atoms. The summed E-state index contributed by atoms with van der Waals surface area (Å²) in [6, 6.07) is 10.9. The van der Waals surface area contributed by atoms with Crippen molar-refractivity contribution in [3.05, 3.63) is 53.1 Å². The normalized spacial score (nSPS) is 12.0. The molecule has 0 saturated heterocycles. The molecular formula is C19H23N3O5S2. The van der Waals surface area contributed by atoms with Crippen molar-refractivity contribution in [2.24, 2.45) is 5.14 Å². The Kier molecular flexibility index (Phi) is 7.02. The Morgan fingerprint density at radius 2 is 1.79 bits per heavy atom. The van der Waals surface area contributed by atoms with Crippen LogP contribution in [0.1, 0.15) is 36.5 Å². The molecule has 3 N–H and O–H groups in total. The minimum absolute atomic E-state index is 0.0213. The smallest absolute Gasteiger partial charge is 0.244 e. The minimum atomic E-state index is -3.98. The highest BCUT2D eigenvalue weighted by atomic mass is 32.2. The van der Waals surface area contributed by atoms with Gasteiger partial charge in [-0.1, -0.05) is 26.0 Å². The number of nitrogens with zero attached hydrogens (tertiary/aromatic N) is 1. The Balaban J connectivity index is 2.27. The van der Waals surface area contributed by atoms with Crippen molar-refractivity contribution < 1.29 is 21.6 Å². The molecule has 156 valence electrons. The van der Waals surface area contributed by atoms with Crippen molar-refractivity contribution >= 4 is 20.0 Å². The maximum atomic E-state index is 12.7. The van der Waals surface area contributed by atoms with Crippen LogP contribution in [0.4, 0.5) is 0 Å². The van der Waals surface area contributed by atoms with E-state index in [4.69, 9.17) is 15.1 Å². The molecule has 8 nitrogen and oxygen atoms in total. The van der Waals surface area contributed by atoms with Crippen LogP contribution in [0.2, 0.25) is 0 Å². The molecule has 0 aromatic heterocycles. The first kappa shape index (κ1) is 22.8. The van der Waals surface area contributed by atoms with E-state index in [2.05, 4.69) is 4.72 Å². The zero-order chi connectivity index (χ0) is 21.8. The number of nitriles is 1. The van der Waals surface area contributed by atoms with E-state index in [0.717, 1.165) is 5.56 Å². The predicted molar refractivity (Wildman–Crippen MR) is 109 cm³/mol. The number of nitrogens with one attached hydrogen (secondary N) is 1. The SMILES string of the molecule is COc1ccc(C#N)cc1S(=O)(=O)NCCc1ccc(C(C)C)cc1S(N)(=O)=O. The summed E-state index contributed by atoms with van der Waals surface area (Å²) in [6.45, 7) is 3.80. The number of sulfonamides is 2. The number of hydrogen-bond donors (Lipinski definition) is 2. The van der Waals surface area contributed by atoms with E-state index in [1.165, 1.54) is 31.4 Å². The summed E-state index contributed by atoms with van der Waals surface area (Å²) in [7, 11) is -6.61. The van der Waals surface area contributed by atoms with Crippen LogP contribution in [0.15, 0.2) is 46.2 Å². The van der Waals surface area contributed by atoms with Crippen molar-refractivity contribution in [3.8, 4) is 11.8 Å². The zero-order valence-corrected chi connectivity index (χ0v) is 18.0. The van der Waals surface area contributed by atoms with Gasteiger partial charge in [0, 0.05) is 6.54 Å². The number of ether oxygens (including phenoxy) is 1. The Bertz CT molecular complexity index is 1150. The number of rotatable bonds is 8. The highest BCUT2D eigenvalue weighted by molar-refractivity contribution is 7.89. The largest absolute Gasteiger partial charge is 0.495 e. The lowest BCUT2D eigenvalue weighted by Gasteiger charge is -2.14. The van der Waals surface area contributed by atoms with Crippen LogP contribution in [-0.4, -0.2) is 30.5 Å². The first-order valence-corrected chi connectivity index (χ1v) is 11.8. The quantitative estimate of drug-likeness (QED) is 0.646. The van der Waals surface area contributed by atoms with E-state index < -0.39 is 20.0 Å². The molecule has 2 aromatic carbocycles. The molecule has 10 heteroatoms. The predicted octanol–water partition coefficient (Wildman–Crippen LogP) is 1.86. The molecule has 0 aliphatic carbocycles. The molecule has 0 amide bonds. The average Bonchev–Trinajstić information content (AvgIpc) is 2.66. The molecule has 0 saturated carbocycles. The molecule has 0 aliphatic heterocycles. The monoisotopic (exact) mass is 437 g/mol. The summed E-state index contributed by atoms with van der Waals surface area (Å²) in [5.74, 6) is 0.214. The van der Waals surface area contributed by atoms with Crippen LogP contribution in [0.5, 0.6) is 5.75 Å². The van der Waals surface area contributed by atoms with E-state index in [9.17, 15) is 16.8 Å². The third kappa shape index (κ3) is 5.55. The van der Waals surface area contributed by atoms with Crippen molar-refractivity contribution in [1.82, 2.24) is 4.72 Å². The van der Waals surface area contributed by atoms with Crippen LogP contribution in [0.3, 0.4) is 0 Å². The van der Waals surface area contributed by atoms with Gasteiger partial charge in [-0.2, -0.15) is 5.26 Å². The number of primary sulfonamides is 1. The highest BCUT2D eigenvalue weighted by Crippen LogP contribution is 2.25. The third-order valence-corrected chi connectivity index (χ3v) is 6.81. The van der Waals surface area contributed by atoms with E-state index in [0.29, 0.717) is 5.56 Å². The van der Waals surface area contributed by atoms with Crippen LogP contribution in [-0.2, 0) is 26.5 Å². The molecule has 0 atom stereocenters. The summed E-state index contributed by atoms with van der Waals surface area (Å²) in [5.41, 5.74) is 1.40. The van der Waals surface area contributed by atoms with Gasteiger partial charge in [0.2, 0.25) is 20.0 Å². The average molecular weight is 438 g/mol. The van der Waals surface area contributed by atoms with Crippen LogP contribution in [0, 0.1) is 11.3 Å². The number of nitrogens with two attached hydrogens (primary N) is 1. The van der Waals surface area contributed by atoms with Gasteiger partial charge in [-0.15, -0.1) is 0 Å². The van der Waals surface area contributed by atoms with Gasteiger partial charge in [0.1, 0.15) is 10.6 Å². The topological polar surface area (TPSA) is 139 Å². The molecule has 0 fully saturated rings. The van der Waals surface area contributed by atoms with Crippen LogP contribution in [0.25, 0.3) is 0 Å². The molecular weight excluding hydrogens is 414 g/mol. The van der Waals surface area contributed by atoms with Gasteiger partial charge in [0.25, 0.3) is 0 Å².